The summed E-state index contributed by atoms with van der Waals surface area (Å²) in [5.41, 5.74) is 10.7. The Balaban J connectivity index is -0.0000000800. The van der Waals surface area contributed by atoms with Crippen molar-refractivity contribution in [3.8, 4) is 0 Å². The zero-order valence-corrected chi connectivity index (χ0v) is 12.7. The summed E-state index contributed by atoms with van der Waals surface area (Å²) in [7, 11) is 3.41. The van der Waals surface area contributed by atoms with Crippen LogP contribution in [0.15, 0.2) is 9.98 Å². The van der Waals surface area contributed by atoms with Crippen molar-refractivity contribution in [3.05, 3.63) is 0 Å². The lowest BCUT2D eigenvalue weighted by Gasteiger charge is -1.98. The van der Waals surface area contributed by atoms with Crippen LogP contribution in [0.2, 0.25) is 0 Å². The van der Waals surface area contributed by atoms with Gasteiger partial charge in [-0.15, -0.1) is 24.8 Å². The zero-order chi connectivity index (χ0) is 11.7. The van der Waals surface area contributed by atoms with E-state index in [0.717, 1.165) is 11.7 Å². The number of hydrogen-bond acceptors (Lipinski definition) is 2. The first kappa shape index (κ1) is 24.7. The Bertz CT molecular complexity index is 179. The average Bonchev–Trinajstić information content (AvgIpc) is 2.15. The molecule has 0 rings (SSSR count). The summed E-state index contributed by atoms with van der Waals surface area (Å²) in [5.74, 6) is 2.23. The fourth-order valence-corrected chi connectivity index (χ4v) is 0.516. The van der Waals surface area contributed by atoms with Crippen molar-refractivity contribution in [1.29, 1.82) is 0 Å². The molecule has 0 aliphatic carbocycles. The minimum absolute atomic E-state index is 0. The highest BCUT2D eigenvalue weighted by molar-refractivity contribution is 5.85. The van der Waals surface area contributed by atoms with Gasteiger partial charge in [0.05, 0.1) is 11.7 Å². The molecule has 0 saturated heterocycles. The van der Waals surface area contributed by atoms with E-state index in [0.29, 0.717) is 11.8 Å². The molecule has 0 spiro atoms. The zero-order valence-electron chi connectivity index (χ0n) is 11.0. The fraction of sp³-hybridized carbons (Fsp3) is 0.800. The van der Waals surface area contributed by atoms with Crippen molar-refractivity contribution in [2.45, 2.75) is 27.7 Å². The van der Waals surface area contributed by atoms with Crippen LogP contribution in [0.3, 0.4) is 0 Å². The van der Waals surface area contributed by atoms with E-state index in [1.807, 2.05) is 27.7 Å². The highest BCUT2D eigenvalue weighted by Gasteiger charge is 1.94. The number of hydrogen-bond donors (Lipinski definition) is 2. The van der Waals surface area contributed by atoms with Crippen molar-refractivity contribution >= 4 is 36.5 Å². The van der Waals surface area contributed by atoms with Gasteiger partial charge in [0.15, 0.2) is 0 Å². The maximum atomic E-state index is 5.37. The van der Waals surface area contributed by atoms with Gasteiger partial charge in [0.25, 0.3) is 0 Å². The summed E-state index contributed by atoms with van der Waals surface area (Å²) < 4.78 is 0. The molecule has 0 saturated carbocycles. The molecule has 0 aromatic rings. The van der Waals surface area contributed by atoms with Gasteiger partial charge < -0.3 is 11.5 Å². The molecule has 0 aromatic carbocycles. The second-order valence-corrected chi connectivity index (χ2v) is 3.61. The molecular formula is C10H26Cl2N4. The van der Waals surface area contributed by atoms with Crippen molar-refractivity contribution in [1.82, 2.24) is 0 Å². The van der Waals surface area contributed by atoms with Crippen molar-refractivity contribution in [2.24, 2.45) is 33.3 Å². The van der Waals surface area contributed by atoms with Gasteiger partial charge in [0, 0.05) is 25.9 Å². The Kier molecular flexibility index (Phi) is 22.4. The fourth-order valence-electron chi connectivity index (χ4n) is 0.516. The third-order valence-corrected chi connectivity index (χ3v) is 1.70. The predicted octanol–water partition coefficient (Wildman–Crippen LogP) is 2.10. The number of nitrogens with two attached hydrogens (primary N) is 2. The monoisotopic (exact) mass is 272 g/mol. The van der Waals surface area contributed by atoms with Crippen LogP contribution in [-0.2, 0) is 0 Å². The van der Waals surface area contributed by atoms with E-state index in [9.17, 15) is 0 Å². The third-order valence-electron chi connectivity index (χ3n) is 1.70. The van der Waals surface area contributed by atoms with Gasteiger partial charge in [0.1, 0.15) is 0 Å². The van der Waals surface area contributed by atoms with Crippen molar-refractivity contribution in [2.75, 3.05) is 14.1 Å². The van der Waals surface area contributed by atoms with Crippen LogP contribution in [0.25, 0.3) is 0 Å². The largest absolute Gasteiger partial charge is 0.387 e. The molecule has 0 bridgehead atoms. The van der Waals surface area contributed by atoms with Gasteiger partial charge in [-0.05, 0) is 0 Å². The van der Waals surface area contributed by atoms with Crippen LogP contribution >= 0.6 is 24.8 Å². The van der Waals surface area contributed by atoms with Crippen molar-refractivity contribution in [3.63, 3.8) is 0 Å². The highest BCUT2D eigenvalue weighted by atomic mass is 35.5. The molecule has 4 N–H and O–H groups in total. The second kappa shape index (κ2) is 14.5. The van der Waals surface area contributed by atoms with Crippen LogP contribution < -0.4 is 11.5 Å². The second-order valence-electron chi connectivity index (χ2n) is 3.61. The van der Waals surface area contributed by atoms with Gasteiger partial charge in [-0.1, -0.05) is 27.7 Å². The average molecular weight is 273 g/mol. The molecule has 0 aliphatic heterocycles. The van der Waals surface area contributed by atoms with Crippen LogP contribution in [0.1, 0.15) is 27.7 Å². The molecule has 0 aliphatic rings. The van der Waals surface area contributed by atoms with Crippen LogP contribution in [0.5, 0.6) is 0 Å². The van der Waals surface area contributed by atoms with Gasteiger partial charge in [-0.2, -0.15) is 0 Å². The number of amidine groups is 2. The van der Waals surface area contributed by atoms with Gasteiger partial charge in [-0.3, -0.25) is 9.98 Å². The van der Waals surface area contributed by atoms with E-state index < -0.39 is 0 Å². The Labute approximate surface area is 112 Å². The molecular weight excluding hydrogens is 247 g/mol. The van der Waals surface area contributed by atoms with E-state index in [2.05, 4.69) is 9.98 Å². The Morgan fingerprint density at radius 1 is 0.750 bits per heavy atom. The summed E-state index contributed by atoms with van der Waals surface area (Å²) >= 11 is 0. The lowest BCUT2D eigenvalue weighted by atomic mass is 10.2. The molecule has 100 valence electrons. The quantitative estimate of drug-likeness (QED) is 0.597. The van der Waals surface area contributed by atoms with E-state index in [1.54, 1.807) is 14.1 Å². The van der Waals surface area contributed by atoms with Crippen LogP contribution in [-0.4, -0.2) is 25.8 Å². The maximum Gasteiger partial charge on any atom is 0.0959 e. The minimum Gasteiger partial charge on any atom is -0.387 e. The predicted molar refractivity (Wildman–Crippen MR) is 79.3 cm³/mol. The molecule has 0 atom stereocenters. The molecule has 6 heteroatoms. The minimum atomic E-state index is 0. The number of aliphatic imine (C=N–C) groups is 2. The number of nitrogens with zero attached hydrogens (tertiary/aromatic N) is 2. The molecule has 0 heterocycles. The Morgan fingerprint density at radius 3 is 0.938 bits per heavy atom. The molecule has 16 heavy (non-hydrogen) atoms. The summed E-state index contributed by atoms with van der Waals surface area (Å²) in [6.45, 7) is 8.06. The third kappa shape index (κ3) is 16.0. The Morgan fingerprint density at radius 2 is 0.938 bits per heavy atom. The first-order chi connectivity index (χ1) is 6.36. The van der Waals surface area contributed by atoms with E-state index >= 15 is 0 Å². The first-order valence-electron chi connectivity index (χ1n) is 4.81. The topological polar surface area (TPSA) is 76.8 Å². The van der Waals surface area contributed by atoms with Crippen LogP contribution in [0, 0.1) is 11.8 Å². The van der Waals surface area contributed by atoms with Gasteiger partial charge >= 0.3 is 0 Å². The van der Waals surface area contributed by atoms with Crippen LogP contribution in [0.4, 0.5) is 0 Å². The van der Waals surface area contributed by atoms with Gasteiger partial charge in [0.2, 0.25) is 0 Å². The van der Waals surface area contributed by atoms with E-state index in [-0.39, 0.29) is 24.8 Å². The van der Waals surface area contributed by atoms with E-state index in [1.165, 1.54) is 0 Å². The summed E-state index contributed by atoms with van der Waals surface area (Å²) in [5, 5.41) is 0. The smallest absolute Gasteiger partial charge is 0.0959 e. The molecule has 0 fully saturated rings. The number of halogens is 2. The molecule has 0 aromatic heterocycles. The lowest BCUT2D eigenvalue weighted by molar-refractivity contribution is 0.869. The summed E-state index contributed by atoms with van der Waals surface area (Å²) in [4.78, 5) is 7.56. The molecule has 0 unspecified atom stereocenters. The Hall–Kier alpha value is -0.480. The molecule has 0 radical (unpaired) electrons. The standard InChI is InChI=1S/2C5H12N2.2ClH/c2*1-4(2)5(6)7-3;;/h2*4H,1-3H3,(H2,6,7);2*1H. The van der Waals surface area contributed by atoms with Gasteiger partial charge in [-0.25, -0.2) is 0 Å². The van der Waals surface area contributed by atoms with E-state index in [4.69, 9.17) is 11.5 Å². The molecule has 4 nitrogen and oxygen atoms in total. The maximum absolute atomic E-state index is 5.37. The normalized spacial score (nSPS) is 11.2. The lowest BCUT2D eigenvalue weighted by Crippen LogP contribution is -2.17. The number of rotatable bonds is 2. The molecule has 0 amide bonds. The SMILES string of the molecule is CN=C(N)C(C)C.CN=C(N)C(C)C.Cl.Cl. The summed E-state index contributed by atoms with van der Waals surface area (Å²) in [6.07, 6.45) is 0. The highest BCUT2D eigenvalue weighted by Crippen LogP contribution is 1.88. The first-order valence-corrected chi connectivity index (χ1v) is 4.81. The summed E-state index contributed by atoms with van der Waals surface area (Å²) in [6, 6.07) is 0. The van der Waals surface area contributed by atoms with Crippen molar-refractivity contribution < 1.29 is 0 Å².